The molecule has 1 unspecified atom stereocenters. The zero-order chi connectivity index (χ0) is 15.4. The summed E-state index contributed by atoms with van der Waals surface area (Å²) >= 11 is 0. The van der Waals surface area contributed by atoms with Gasteiger partial charge in [-0.3, -0.25) is 4.79 Å². The molecule has 0 bridgehead atoms. The molecular weight excluding hydrogens is 278 g/mol. The molecule has 120 valence electrons. The lowest BCUT2D eigenvalue weighted by Gasteiger charge is -2.37. The highest BCUT2D eigenvalue weighted by atomic mass is 16.5. The summed E-state index contributed by atoms with van der Waals surface area (Å²) in [6, 6.07) is 8.01. The van der Waals surface area contributed by atoms with Gasteiger partial charge in [0.25, 0.3) is 0 Å². The van der Waals surface area contributed by atoms with Crippen LogP contribution in [0, 0.1) is 5.92 Å². The Hall–Kier alpha value is -1.59. The molecule has 1 heterocycles. The third kappa shape index (κ3) is 3.59. The number of nitrogens with one attached hydrogen (secondary N) is 2. The van der Waals surface area contributed by atoms with Crippen molar-refractivity contribution in [1.82, 2.24) is 15.5 Å². The summed E-state index contributed by atoms with van der Waals surface area (Å²) < 4.78 is 5.47. The van der Waals surface area contributed by atoms with E-state index in [1.807, 2.05) is 23.1 Å². The summed E-state index contributed by atoms with van der Waals surface area (Å²) in [5.41, 5.74) is 1.08. The Morgan fingerprint density at radius 1 is 1.41 bits per heavy atom. The van der Waals surface area contributed by atoms with Crippen molar-refractivity contribution in [1.29, 1.82) is 0 Å². The van der Waals surface area contributed by atoms with Crippen LogP contribution < -0.4 is 15.4 Å². The number of hydrogen-bond donors (Lipinski definition) is 2. The number of para-hydroxylation sites is 1. The normalized spacial score (nSPS) is 21.7. The number of rotatable bonds is 6. The summed E-state index contributed by atoms with van der Waals surface area (Å²) in [6.07, 6.45) is 2.61. The van der Waals surface area contributed by atoms with Crippen molar-refractivity contribution in [3.8, 4) is 5.75 Å². The molecule has 1 saturated carbocycles. The highest BCUT2D eigenvalue weighted by Crippen LogP contribution is 2.30. The van der Waals surface area contributed by atoms with Crippen molar-refractivity contribution in [3.05, 3.63) is 29.8 Å². The van der Waals surface area contributed by atoms with E-state index in [-0.39, 0.29) is 11.9 Å². The first-order valence-electron chi connectivity index (χ1n) is 8.13. The topological polar surface area (TPSA) is 53.6 Å². The van der Waals surface area contributed by atoms with Gasteiger partial charge in [-0.05, 0) is 31.4 Å². The van der Waals surface area contributed by atoms with E-state index >= 15 is 0 Å². The van der Waals surface area contributed by atoms with E-state index < -0.39 is 0 Å². The lowest BCUT2D eigenvalue weighted by atomic mass is 10.0. The van der Waals surface area contributed by atoms with Crippen molar-refractivity contribution in [2.24, 2.45) is 5.92 Å². The van der Waals surface area contributed by atoms with Crippen LogP contribution >= 0.6 is 0 Å². The molecule has 1 amide bonds. The third-order valence-electron chi connectivity index (χ3n) is 4.47. The van der Waals surface area contributed by atoms with Gasteiger partial charge >= 0.3 is 0 Å². The molecule has 3 rings (SSSR count). The molecule has 1 aromatic carbocycles. The summed E-state index contributed by atoms with van der Waals surface area (Å²) in [4.78, 5) is 14.6. The number of methoxy groups -OCH3 is 1. The Morgan fingerprint density at radius 3 is 3.00 bits per heavy atom. The van der Waals surface area contributed by atoms with Gasteiger partial charge in [-0.1, -0.05) is 18.2 Å². The van der Waals surface area contributed by atoms with Crippen molar-refractivity contribution in [2.45, 2.75) is 18.9 Å². The second-order valence-corrected chi connectivity index (χ2v) is 6.12. The zero-order valence-corrected chi connectivity index (χ0v) is 13.2. The van der Waals surface area contributed by atoms with Gasteiger partial charge < -0.3 is 20.3 Å². The Bertz CT molecular complexity index is 516. The molecule has 1 aliphatic carbocycles. The number of hydrogen-bond acceptors (Lipinski definition) is 4. The van der Waals surface area contributed by atoms with E-state index in [1.54, 1.807) is 7.11 Å². The van der Waals surface area contributed by atoms with Crippen molar-refractivity contribution >= 4 is 5.91 Å². The van der Waals surface area contributed by atoms with Gasteiger partial charge in [-0.15, -0.1) is 0 Å². The number of ether oxygens (including phenoxy) is 1. The molecular formula is C17H25N3O2. The second-order valence-electron chi connectivity index (χ2n) is 6.12. The van der Waals surface area contributed by atoms with Crippen LogP contribution in [0.1, 0.15) is 24.4 Å². The molecule has 2 N–H and O–H groups in total. The van der Waals surface area contributed by atoms with Crippen LogP contribution in [-0.4, -0.2) is 50.6 Å². The first-order valence-corrected chi connectivity index (χ1v) is 8.13. The molecule has 1 aliphatic heterocycles. The summed E-state index contributed by atoms with van der Waals surface area (Å²) in [6.45, 7) is 3.76. The fraction of sp³-hybridized carbons (Fsp3) is 0.588. The Morgan fingerprint density at radius 2 is 2.23 bits per heavy atom. The van der Waals surface area contributed by atoms with E-state index in [9.17, 15) is 4.79 Å². The van der Waals surface area contributed by atoms with Crippen LogP contribution in [0.2, 0.25) is 0 Å². The Labute approximate surface area is 132 Å². The molecule has 5 nitrogen and oxygen atoms in total. The summed E-state index contributed by atoms with van der Waals surface area (Å²) in [5.74, 6) is 1.82. The minimum atomic E-state index is 0.0418. The molecule has 5 heteroatoms. The van der Waals surface area contributed by atoms with Crippen molar-refractivity contribution in [3.63, 3.8) is 0 Å². The molecule has 0 radical (unpaired) electrons. The SMILES string of the molecule is COc1ccccc1C1CNCCN1C(=O)CNCC1CC1. The summed E-state index contributed by atoms with van der Waals surface area (Å²) in [7, 11) is 1.68. The van der Waals surface area contributed by atoms with E-state index in [1.165, 1.54) is 12.8 Å². The monoisotopic (exact) mass is 303 g/mol. The van der Waals surface area contributed by atoms with Crippen molar-refractivity contribution < 1.29 is 9.53 Å². The summed E-state index contributed by atoms with van der Waals surface area (Å²) in [5, 5.41) is 6.69. The molecule has 1 atom stereocenters. The lowest BCUT2D eigenvalue weighted by Crippen LogP contribution is -2.51. The Balaban J connectivity index is 1.68. The fourth-order valence-corrected chi connectivity index (χ4v) is 3.03. The Kier molecular flexibility index (Phi) is 4.95. The number of benzene rings is 1. The van der Waals surface area contributed by atoms with Gasteiger partial charge in [0.1, 0.15) is 5.75 Å². The molecule has 2 fully saturated rings. The maximum atomic E-state index is 12.6. The number of nitrogens with zero attached hydrogens (tertiary/aromatic N) is 1. The zero-order valence-electron chi connectivity index (χ0n) is 13.2. The highest BCUT2D eigenvalue weighted by Gasteiger charge is 2.29. The molecule has 2 aliphatic rings. The van der Waals surface area contributed by atoms with E-state index in [4.69, 9.17) is 4.74 Å². The quantitative estimate of drug-likeness (QED) is 0.828. The van der Waals surface area contributed by atoms with Crippen LogP contribution in [-0.2, 0) is 4.79 Å². The van der Waals surface area contributed by atoms with Crippen LogP contribution in [0.4, 0.5) is 0 Å². The minimum Gasteiger partial charge on any atom is -0.496 e. The van der Waals surface area contributed by atoms with Crippen LogP contribution in [0.5, 0.6) is 5.75 Å². The highest BCUT2D eigenvalue weighted by molar-refractivity contribution is 5.79. The van der Waals surface area contributed by atoms with Gasteiger partial charge in [-0.25, -0.2) is 0 Å². The van der Waals surface area contributed by atoms with Gasteiger partial charge in [0.05, 0.1) is 19.7 Å². The van der Waals surface area contributed by atoms with E-state index in [0.29, 0.717) is 6.54 Å². The average Bonchev–Trinajstić information content (AvgIpc) is 3.39. The molecule has 1 saturated heterocycles. The van der Waals surface area contributed by atoms with Crippen LogP contribution in [0.15, 0.2) is 24.3 Å². The smallest absolute Gasteiger partial charge is 0.237 e. The number of piperazine rings is 1. The average molecular weight is 303 g/mol. The maximum Gasteiger partial charge on any atom is 0.237 e. The predicted octanol–water partition coefficient (Wildman–Crippen LogP) is 1.17. The van der Waals surface area contributed by atoms with Gasteiger partial charge in [0.2, 0.25) is 5.91 Å². The standard InChI is InChI=1S/C17H25N3O2/c1-22-16-5-3-2-4-14(16)15-11-18-8-9-20(15)17(21)12-19-10-13-6-7-13/h2-5,13,15,18-19H,6-12H2,1H3. The molecule has 0 aromatic heterocycles. The number of carbonyl (C=O) groups excluding carboxylic acids is 1. The van der Waals surface area contributed by atoms with Crippen LogP contribution in [0.3, 0.4) is 0 Å². The predicted molar refractivity (Wildman–Crippen MR) is 85.9 cm³/mol. The first kappa shape index (κ1) is 15.3. The molecule has 0 spiro atoms. The minimum absolute atomic E-state index is 0.0418. The van der Waals surface area contributed by atoms with E-state index in [0.717, 1.165) is 43.4 Å². The number of amides is 1. The van der Waals surface area contributed by atoms with Crippen molar-refractivity contribution in [2.75, 3.05) is 39.8 Å². The first-order chi connectivity index (χ1) is 10.8. The maximum absolute atomic E-state index is 12.6. The largest absolute Gasteiger partial charge is 0.496 e. The van der Waals surface area contributed by atoms with Gasteiger partial charge in [-0.2, -0.15) is 0 Å². The van der Waals surface area contributed by atoms with Gasteiger partial charge in [0, 0.05) is 25.2 Å². The van der Waals surface area contributed by atoms with Gasteiger partial charge in [0.15, 0.2) is 0 Å². The molecule has 22 heavy (non-hydrogen) atoms. The number of carbonyl (C=O) groups is 1. The fourth-order valence-electron chi connectivity index (χ4n) is 3.03. The third-order valence-corrected chi connectivity index (χ3v) is 4.47. The molecule has 1 aromatic rings. The van der Waals surface area contributed by atoms with Crippen LogP contribution in [0.25, 0.3) is 0 Å². The second kappa shape index (κ2) is 7.11. The lowest BCUT2D eigenvalue weighted by molar-refractivity contribution is -0.133. The van der Waals surface area contributed by atoms with E-state index in [2.05, 4.69) is 16.7 Å².